The quantitative estimate of drug-likeness (QED) is 0.820. The van der Waals surface area contributed by atoms with Crippen LogP contribution < -0.4 is 0 Å². The lowest BCUT2D eigenvalue weighted by Gasteiger charge is -2.31. The van der Waals surface area contributed by atoms with Gasteiger partial charge in [-0.2, -0.15) is 17.0 Å². The first-order valence-electron chi connectivity index (χ1n) is 6.15. The van der Waals surface area contributed by atoms with Crippen LogP contribution in [-0.4, -0.2) is 29.0 Å². The lowest BCUT2D eigenvalue weighted by molar-refractivity contribution is 0.273. The van der Waals surface area contributed by atoms with Gasteiger partial charge >= 0.3 is 0 Å². The van der Waals surface area contributed by atoms with Crippen molar-refractivity contribution in [1.29, 1.82) is 5.26 Å². The Bertz CT molecular complexity index is 394. The van der Waals surface area contributed by atoms with E-state index in [0.29, 0.717) is 0 Å². The SMILES string of the molecule is CCC1CN(Cc2ccc(C#N)cc2)CCS1. The van der Waals surface area contributed by atoms with Gasteiger partial charge in [0.15, 0.2) is 0 Å². The second-order valence-corrected chi connectivity index (χ2v) is 5.85. The molecule has 0 spiro atoms. The summed E-state index contributed by atoms with van der Waals surface area (Å²) in [5, 5.41) is 9.55. The zero-order valence-electron chi connectivity index (χ0n) is 10.2. The molecule has 1 atom stereocenters. The van der Waals surface area contributed by atoms with Crippen molar-refractivity contribution in [3.63, 3.8) is 0 Å². The normalized spacial score (nSPS) is 21.1. The summed E-state index contributed by atoms with van der Waals surface area (Å²) in [6, 6.07) is 10.1. The maximum absolute atomic E-state index is 8.75. The smallest absolute Gasteiger partial charge is 0.0991 e. The van der Waals surface area contributed by atoms with Gasteiger partial charge in [0, 0.05) is 30.6 Å². The van der Waals surface area contributed by atoms with E-state index in [4.69, 9.17) is 5.26 Å². The first-order valence-corrected chi connectivity index (χ1v) is 7.19. The van der Waals surface area contributed by atoms with Crippen molar-refractivity contribution in [3.05, 3.63) is 35.4 Å². The number of nitrogens with zero attached hydrogens (tertiary/aromatic N) is 2. The topological polar surface area (TPSA) is 27.0 Å². The number of nitriles is 1. The van der Waals surface area contributed by atoms with E-state index in [2.05, 4.69) is 41.8 Å². The van der Waals surface area contributed by atoms with Crippen molar-refractivity contribution in [2.45, 2.75) is 25.1 Å². The predicted molar refractivity (Wildman–Crippen MR) is 73.0 cm³/mol. The minimum absolute atomic E-state index is 0.745. The van der Waals surface area contributed by atoms with Crippen LogP contribution in [0.5, 0.6) is 0 Å². The van der Waals surface area contributed by atoms with Crippen molar-refractivity contribution in [1.82, 2.24) is 4.90 Å². The van der Waals surface area contributed by atoms with E-state index in [1.807, 2.05) is 12.1 Å². The third-order valence-corrected chi connectivity index (χ3v) is 4.54. The molecule has 17 heavy (non-hydrogen) atoms. The third kappa shape index (κ3) is 3.49. The van der Waals surface area contributed by atoms with E-state index in [9.17, 15) is 0 Å². The van der Waals surface area contributed by atoms with Gasteiger partial charge in [0.25, 0.3) is 0 Å². The summed E-state index contributed by atoms with van der Waals surface area (Å²) >= 11 is 2.10. The van der Waals surface area contributed by atoms with Crippen LogP contribution >= 0.6 is 11.8 Å². The Balaban J connectivity index is 1.93. The Hall–Kier alpha value is -0.980. The Morgan fingerprint density at radius 3 is 2.82 bits per heavy atom. The van der Waals surface area contributed by atoms with Gasteiger partial charge in [0.1, 0.15) is 0 Å². The Morgan fingerprint density at radius 1 is 1.41 bits per heavy atom. The number of hydrogen-bond acceptors (Lipinski definition) is 3. The number of thioether (sulfide) groups is 1. The van der Waals surface area contributed by atoms with E-state index >= 15 is 0 Å². The van der Waals surface area contributed by atoms with Crippen molar-refractivity contribution in [3.8, 4) is 6.07 Å². The Labute approximate surface area is 108 Å². The van der Waals surface area contributed by atoms with Gasteiger partial charge in [0.05, 0.1) is 11.6 Å². The molecule has 0 N–H and O–H groups in total. The summed E-state index contributed by atoms with van der Waals surface area (Å²) in [5.74, 6) is 1.24. The van der Waals surface area contributed by atoms with Crippen molar-refractivity contribution in [2.75, 3.05) is 18.8 Å². The van der Waals surface area contributed by atoms with Gasteiger partial charge in [-0.3, -0.25) is 4.90 Å². The van der Waals surface area contributed by atoms with Crippen LogP contribution in [0.4, 0.5) is 0 Å². The molecule has 1 aliphatic heterocycles. The molecular formula is C14H18N2S. The molecule has 0 radical (unpaired) electrons. The molecule has 1 aliphatic rings. The van der Waals surface area contributed by atoms with Gasteiger partial charge in [-0.25, -0.2) is 0 Å². The molecule has 1 aromatic rings. The molecule has 2 nitrogen and oxygen atoms in total. The van der Waals surface area contributed by atoms with E-state index in [-0.39, 0.29) is 0 Å². The average Bonchev–Trinajstić information content (AvgIpc) is 2.40. The number of hydrogen-bond donors (Lipinski definition) is 0. The van der Waals surface area contributed by atoms with Crippen LogP contribution in [-0.2, 0) is 6.54 Å². The molecule has 90 valence electrons. The van der Waals surface area contributed by atoms with Gasteiger partial charge < -0.3 is 0 Å². The summed E-state index contributed by atoms with van der Waals surface area (Å²) in [7, 11) is 0. The summed E-state index contributed by atoms with van der Waals surface area (Å²) in [6.07, 6.45) is 1.26. The third-order valence-electron chi connectivity index (χ3n) is 3.17. The minimum Gasteiger partial charge on any atom is -0.297 e. The fourth-order valence-corrected chi connectivity index (χ4v) is 3.36. The molecule has 0 amide bonds. The molecule has 2 rings (SSSR count). The number of benzene rings is 1. The monoisotopic (exact) mass is 246 g/mol. The zero-order chi connectivity index (χ0) is 12.1. The fourth-order valence-electron chi connectivity index (χ4n) is 2.11. The first-order chi connectivity index (χ1) is 8.31. The molecule has 0 saturated carbocycles. The van der Waals surface area contributed by atoms with Crippen LogP contribution in [0.2, 0.25) is 0 Å². The minimum atomic E-state index is 0.745. The largest absolute Gasteiger partial charge is 0.297 e. The van der Waals surface area contributed by atoms with Crippen LogP contribution in [0.15, 0.2) is 24.3 Å². The molecule has 3 heteroatoms. The highest BCUT2D eigenvalue weighted by Gasteiger charge is 2.18. The van der Waals surface area contributed by atoms with Crippen LogP contribution in [0.25, 0.3) is 0 Å². The van der Waals surface area contributed by atoms with E-state index in [1.165, 1.54) is 30.8 Å². The molecule has 1 aromatic carbocycles. The number of rotatable bonds is 3. The summed E-state index contributed by atoms with van der Waals surface area (Å²) in [5.41, 5.74) is 2.06. The second kappa shape index (κ2) is 6.09. The van der Waals surface area contributed by atoms with E-state index in [0.717, 1.165) is 17.4 Å². The molecule has 1 fully saturated rings. The van der Waals surface area contributed by atoms with Crippen molar-refractivity contribution >= 4 is 11.8 Å². The zero-order valence-corrected chi connectivity index (χ0v) is 11.0. The maximum atomic E-state index is 8.75. The molecule has 0 aliphatic carbocycles. The highest BCUT2D eigenvalue weighted by Crippen LogP contribution is 2.22. The Kier molecular flexibility index (Phi) is 4.47. The highest BCUT2D eigenvalue weighted by atomic mass is 32.2. The van der Waals surface area contributed by atoms with Gasteiger partial charge in [-0.1, -0.05) is 19.1 Å². The van der Waals surface area contributed by atoms with E-state index in [1.54, 1.807) is 0 Å². The van der Waals surface area contributed by atoms with Gasteiger partial charge in [0.2, 0.25) is 0 Å². The lowest BCUT2D eigenvalue weighted by Crippen LogP contribution is -2.36. The summed E-state index contributed by atoms with van der Waals surface area (Å²) in [6.45, 7) is 5.66. The second-order valence-electron chi connectivity index (χ2n) is 4.44. The van der Waals surface area contributed by atoms with Crippen LogP contribution in [0, 0.1) is 11.3 Å². The predicted octanol–water partition coefficient (Wildman–Crippen LogP) is 2.89. The molecule has 1 heterocycles. The average molecular weight is 246 g/mol. The van der Waals surface area contributed by atoms with Crippen molar-refractivity contribution < 1.29 is 0 Å². The standard InChI is InChI=1S/C14H18N2S/c1-2-14-11-16(7-8-17-14)10-13-5-3-12(9-15)4-6-13/h3-6,14H,2,7-8,10-11H2,1H3. The molecule has 1 saturated heterocycles. The Morgan fingerprint density at radius 2 is 2.18 bits per heavy atom. The lowest BCUT2D eigenvalue weighted by atomic mass is 10.1. The molecule has 0 aromatic heterocycles. The first kappa shape index (κ1) is 12.5. The summed E-state index contributed by atoms with van der Waals surface area (Å²) in [4.78, 5) is 2.52. The van der Waals surface area contributed by atoms with Crippen LogP contribution in [0.3, 0.4) is 0 Å². The maximum Gasteiger partial charge on any atom is 0.0991 e. The van der Waals surface area contributed by atoms with Crippen molar-refractivity contribution in [2.24, 2.45) is 0 Å². The fraction of sp³-hybridized carbons (Fsp3) is 0.500. The molecule has 1 unspecified atom stereocenters. The molecular weight excluding hydrogens is 228 g/mol. The van der Waals surface area contributed by atoms with E-state index < -0.39 is 0 Å². The molecule has 0 bridgehead atoms. The highest BCUT2D eigenvalue weighted by molar-refractivity contribution is 8.00. The van der Waals surface area contributed by atoms with Crippen LogP contribution in [0.1, 0.15) is 24.5 Å². The van der Waals surface area contributed by atoms with Gasteiger partial charge in [-0.15, -0.1) is 0 Å². The van der Waals surface area contributed by atoms with Gasteiger partial charge in [-0.05, 0) is 24.1 Å². The summed E-state index contributed by atoms with van der Waals surface area (Å²) < 4.78 is 0.